The predicted molar refractivity (Wildman–Crippen MR) is 74.8 cm³/mol. The maximum absolute atomic E-state index is 5.72. The van der Waals surface area contributed by atoms with Gasteiger partial charge in [-0.15, -0.1) is 0 Å². The van der Waals surface area contributed by atoms with Crippen molar-refractivity contribution in [2.45, 2.75) is 0 Å². The van der Waals surface area contributed by atoms with Gasteiger partial charge >= 0.3 is 0 Å². The van der Waals surface area contributed by atoms with E-state index in [1.54, 1.807) is 0 Å². The van der Waals surface area contributed by atoms with Crippen molar-refractivity contribution in [3.05, 3.63) is 83.4 Å². The first-order chi connectivity index (χ1) is 8.92. The highest BCUT2D eigenvalue weighted by Crippen LogP contribution is 2.25. The molecule has 88 valence electrons. The van der Waals surface area contributed by atoms with Crippen LogP contribution in [0.15, 0.2) is 72.3 Å². The number of hydrogen-bond acceptors (Lipinski definition) is 1. The maximum Gasteiger partial charge on any atom is 0.127 e. The lowest BCUT2D eigenvalue weighted by Crippen LogP contribution is -1.86. The lowest BCUT2D eigenvalue weighted by atomic mass is 10.1. The molecule has 0 atom stereocenters. The molecule has 0 unspecified atom stereocenters. The first-order valence-electron chi connectivity index (χ1n) is 6.07. The van der Waals surface area contributed by atoms with Crippen LogP contribution in [0.5, 0.6) is 0 Å². The number of benzene rings is 2. The Morgan fingerprint density at radius 3 is 2.22 bits per heavy atom. The van der Waals surface area contributed by atoms with Gasteiger partial charge in [-0.2, -0.15) is 0 Å². The summed E-state index contributed by atoms with van der Waals surface area (Å²) in [5.74, 6) is 0.956. The maximum atomic E-state index is 5.72. The highest BCUT2D eigenvalue weighted by Gasteiger charge is 2.11. The van der Waals surface area contributed by atoms with Crippen molar-refractivity contribution in [1.29, 1.82) is 0 Å². The predicted octanol–water partition coefficient (Wildman–Crippen LogP) is 4.14. The Bertz CT molecular complexity index is 580. The molecular weight excluding hydrogens is 220 g/mol. The second-order valence-electron chi connectivity index (χ2n) is 4.29. The van der Waals surface area contributed by atoms with Gasteiger partial charge < -0.3 is 4.74 Å². The van der Waals surface area contributed by atoms with Gasteiger partial charge in [0.1, 0.15) is 12.4 Å². The van der Waals surface area contributed by atoms with E-state index in [1.807, 2.05) is 36.4 Å². The van der Waals surface area contributed by atoms with E-state index in [0.29, 0.717) is 6.61 Å². The molecule has 1 heterocycles. The molecule has 0 bridgehead atoms. The van der Waals surface area contributed by atoms with Gasteiger partial charge in [-0.25, -0.2) is 0 Å². The van der Waals surface area contributed by atoms with E-state index in [1.165, 1.54) is 11.1 Å². The second kappa shape index (κ2) is 4.92. The molecular formula is C17H14O. The number of hydrogen-bond donors (Lipinski definition) is 0. The molecule has 2 aromatic rings. The molecule has 0 aromatic heterocycles. The summed E-state index contributed by atoms with van der Waals surface area (Å²) in [5, 5.41) is 0. The van der Waals surface area contributed by atoms with Crippen LogP contribution in [0.4, 0.5) is 0 Å². The highest BCUT2D eigenvalue weighted by molar-refractivity contribution is 5.70. The zero-order valence-corrected chi connectivity index (χ0v) is 10.0. The minimum Gasteiger partial charge on any atom is -0.488 e. The van der Waals surface area contributed by atoms with Gasteiger partial charge in [-0.3, -0.25) is 0 Å². The zero-order chi connectivity index (χ0) is 12.2. The van der Waals surface area contributed by atoms with Crippen LogP contribution in [0.2, 0.25) is 0 Å². The van der Waals surface area contributed by atoms with Crippen molar-refractivity contribution in [3.63, 3.8) is 0 Å². The van der Waals surface area contributed by atoms with Gasteiger partial charge in [-0.1, -0.05) is 60.7 Å². The van der Waals surface area contributed by atoms with Gasteiger partial charge in [0.2, 0.25) is 0 Å². The first kappa shape index (κ1) is 10.8. The van der Waals surface area contributed by atoms with E-state index in [9.17, 15) is 0 Å². The molecule has 0 radical (unpaired) electrons. The lowest BCUT2D eigenvalue weighted by Gasteiger charge is -2.01. The summed E-state index contributed by atoms with van der Waals surface area (Å²) in [6.07, 6.45) is 4.28. The number of rotatable bonds is 2. The highest BCUT2D eigenvalue weighted by atomic mass is 16.5. The standard InChI is InChI=1S/C17H14O/c1-3-7-14(8-4-1)11-15-12-17(18-13-15)16-9-5-2-6-10-16/h1-12H,13H2/b15-11+. The molecule has 0 amide bonds. The molecule has 3 rings (SSSR count). The normalized spacial score (nSPS) is 16.4. The molecule has 0 spiro atoms. The summed E-state index contributed by atoms with van der Waals surface area (Å²) in [7, 11) is 0. The van der Waals surface area contributed by atoms with Crippen LogP contribution in [0.25, 0.3) is 11.8 Å². The lowest BCUT2D eigenvalue weighted by molar-refractivity contribution is 0.330. The summed E-state index contributed by atoms with van der Waals surface area (Å²) < 4.78 is 5.72. The minimum absolute atomic E-state index is 0.652. The second-order valence-corrected chi connectivity index (χ2v) is 4.29. The molecule has 18 heavy (non-hydrogen) atoms. The van der Waals surface area contributed by atoms with E-state index in [2.05, 4.69) is 36.4 Å². The van der Waals surface area contributed by atoms with Crippen LogP contribution in [-0.2, 0) is 4.74 Å². The van der Waals surface area contributed by atoms with E-state index in [-0.39, 0.29) is 0 Å². The van der Waals surface area contributed by atoms with Crippen LogP contribution in [0.1, 0.15) is 11.1 Å². The van der Waals surface area contributed by atoms with E-state index >= 15 is 0 Å². The first-order valence-corrected chi connectivity index (χ1v) is 6.07. The summed E-state index contributed by atoms with van der Waals surface area (Å²) in [4.78, 5) is 0. The van der Waals surface area contributed by atoms with Crippen LogP contribution in [-0.4, -0.2) is 6.61 Å². The summed E-state index contributed by atoms with van der Waals surface area (Å²) in [5.41, 5.74) is 3.55. The molecule has 0 fully saturated rings. The third kappa shape index (κ3) is 2.35. The van der Waals surface area contributed by atoms with Gasteiger partial charge in [0.05, 0.1) is 0 Å². The van der Waals surface area contributed by atoms with Gasteiger partial charge in [-0.05, 0) is 23.3 Å². The SMILES string of the molecule is C1=C(c2ccccc2)OC/C1=C/c1ccccc1. The van der Waals surface area contributed by atoms with Gasteiger partial charge in [0.15, 0.2) is 0 Å². The Kier molecular flexibility index (Phi) is 2.97. The molecule has 1 aliphatic rings. The molecule has 1 aliphatic heterocycles. The largest absolute Gasteiger partial charge is 0.488 e. The summed E-state index contributed by atoms with van der Waals surface area (Å²) in [6.45, 7) is 0.652. The van der Waals surface area contributed by atoms with Crippen LogP contribution in [0.3, 0.4) is 0 Å². The average Bonchev–Trinajstić information content (AvgIpc) is 2.89. The van der Waals surface area contributed by atoms with Gasteiger partial charge in [0.25, 0.3) is 0 Å². The molecule has 0 aliphatic carbocycles. The van der Waals surface area contributed by atoms with Crippen molar-refractivity contribution in [3.8, 4) is 0 Å². The number of ether oxygens (including phenoxy) is 1. The van der Waals surface area contributed by atoms with E-state index in [4.69, 9.17) is 4.74 Å². The van der Waals surface area contributed by atoms with Crippen LogP contribution < -0.4 is 0 Å². The zero-order valence-electron chi connectivity index (χ0n) is 10.0. The fourth-order valence-corrected chi connectivity index (χ4v) is 2.03. The fourth-order valence-electron chi connectivity index (χ4n) is 2.03. The van der Waals surface area contributed by atoms with Crippen molar-refractivity contribution >= 4 is 11.8 Å². The molecule has 2 aromatic carbocycles. The Morgan fingerprint density at radius 1 is 0.833 bits per heavy atom. The topological polar surface area (TPSA) is 9.23 Å². The van der Waals surface area contributed by atoms with Crippen molar-refractivity contribution in [1.82, 2.24) is 0 Å². The Morgan fingerprint density at radius 2 is 1.50 bits per heavy atom. The van der Waals surface area contributed by atoms with Crippen LogP contribution >= 0.6 is 0 Å². The van der Waals surface area contributed by atoms with Crippen molar-refractivity contribution in [2.24, 2.45) is 0 Å². The molecule has 0 saturated carbocycles. The molecule has 0 saturated heterocycles. The summed E-state index contributed by atoms with van der Waals surface area (Å²) in [6, 6.07) is 20.5. The third-order valence-corrected chi connectivity index (χ3v) is 2.92. The van der Waals surface area contributed by atoms with E-state index in [0.717, 1.165) is 11.3 Å². The van der Waals surface area contributed by atoms with Gasteiger partial charge in [0, 0.05) is 5.56 Å². The molecule has 0 N–H and O–H groups in total. The Hall–Kier alpha value is -2.28. The fraction of sp³-hybridized carbons (Fsp3) is 0.0588. The van der Waals surface area contributed by atoms with Crippen molar-refractivity contribution in [2.75, 3.05) is 6.61 Å². The smallest absolute Gasteiger partial charge is 0.127 e. The molecule has 1 nitrogen and oxygen atoms in total. The van der Waals surface area contributed by atoms with Crippen molar-refractivity contribution < 1.29 is 4.74 Å². The minimum atomic E-state index is 0.652. The Balaban J connectivity index is 1.86. The monoisotopic (exact) mass is 234 g/mol. The average molecular weight is 234 g/mol. The summed E-state index contributed by atoms with van der Waals surface area (Å²) >= 11 is 0. The third-order valence-electron chi connectivity index (χ3n) is 2.92. The molecule has 1 heteroatoms. The van der Waals surface area contributed by atoms with Crippen LogP contribution in [0, 0.1) is 0 Å². The van der Waals surface area contributed by atoms with E-state index < -0.39 is 0 Å². The Labute approximate surface area is 107 Å². The quantitative estimate of drug-likeness (QED) is 0.758.